The van der Waals surface area contributed by atoms with E-state index in [4.69, 9.17) is 0 Å². The van der Waals surface area contributed by atoms with Crippen molar-refractivity contribution in [2.45, 2.75) is 43.8 Å². The molecule has 2 atom stereocenters. The average Bonchev–Trinajstić information content (AvgIpc) is 3.06. The summed E-state index contributed by atoms with van der Waals surface area (Å²) in [7, 11) is 0. The van der Waals surface area contributed by atoms with Gasteiger partial charge in [0.1, 0.15) is 0 Å². The minimum absolute atomic E-state index is 0.00694. The molecule has 0 bridgehead atoms. The van der Waals surface area contributed by atoms with Crippen molar-refractivity contribution in [3.8, 4) is 0 Å². The molecule has 2 aliphatic rings. The van der Waals surface area contributed by atoms with Gasteiger partial charge < -0.3 is 5.32 Å². The number of carbonyl (C=O) groups excluding carboxylic acids is 1. The molecular formula is C12H14F3N3O. The number of H-pyrrole nitrogens is 1. The predicted molar refractivity (Wildman–Crippen MR) is 60.4 cm³/mol. The van der Waals surface area contributed by atoms with Gasteiger partial charge in [-0.2, -0.15) is 18.3 Å². The second-order valence-electron chi connectivity index (χ2n) is 5.32. The van der Waals surface area contributed by atoms with Gasteiger partial charge in [0.2, 0.25) is 5.91 Å². The summed E-state index contributed by atoms with van der Waals surface area (Å²) >= 11 is 0. The number of hydrogen-bond acceptors (Lipinski definition) is 2. The lowest BCUT2D eigenvalue weighted by Crippen LogP contribution is -2.43. The maximum absolute atomic E-state index is 13.0. The van der Waals surface area contributed by atoms with Gasteiger partial charge in [0.05, 0.1) is 12.1 Å². The summed E-state index contributed by atoms with van der Waals surface area (Å²) in [4.78, 5) is 11.7. The molecular weight excluding hydrogens is 259 g/mol. The van der Waals surface area contributed by atoms with Crippen LogP contribution < -0.4 is 5.32 Å². The summed E-state index contributed by atoms with van der Waals surface area (Å²) in [6.45, 7) is 0. The van der Waals surface area contributed by atoms with E-state index in [1.54, 1.807) is 0 Å². The first-order valence-electron chi connectivity index (χ1n) is 6.34. The van der Waals surface area contributed by atoms with Crippen molar-refractivity contribution in [2.75, 3.05) is 0 Å². The van der Waals surface area contributed by atoms with Gasteiger partial charge in [-0.1, -0.05) is 0 Å². The number of nitrogens with zero attached hydrogens (tertiary/aromatic N) is 1. The van der Waals surface area contributed by atoms with E-state index >= 15 is 0 Å². The van der Waals surface area contributed by atoms with Crippen molar-refractivity contribution < 1.29 is 18.0 Å². The van der Waals surface area contributed by atoms with E-state index in [9.17, 15) is 18.0 Å². The molecule has 0 spiro atoms. The van der Waals surface area contributed by atoms with Crippen LogP contribution in [0, 0.1) is 5.92 Å². The summed E-state index contributed by atoms with van der Waals surface area (Å²) in [5.41, 5.74) is 0.694. The molecule has 19 heavy (non-hydrogen) atoms. The highest BCUT2D eigenvalue weighted by Crippen LogP contribution is 2.42. The molecule has 2 aliphatic carbocycles. The molecule has 1 saturated carbocycles. The Morgan fingerprint density at radius 1 is 1.42 bits per heavy atom. The van der Waals surface area contributed by atoms with Crippen molar-refractivity contribution in [2.24, 2.45) is 5.92 Å². The SMILES string of the molecule is O=C(NC1Cc2[nH]ncc2C(C(F)(F)F)C1)C1CC1. The van der Waals surface area contributed by atoms with Crippen molar-refractivity contribution in [1.29, 1.82) is 0 Å². The van der Waals surface area contributed by atoms with Crippen molar-refractivity contribution in [1.82, 2.24) is 15.5 Å². The Morgan fingerprint density at radius 2 is 2.16 bits per heavy atom. The first kappa shape index (κ1) is 12.5. The zero-order chi connectivity index (χ0) is 13.6. The minimum atomic E-state index is -4.30. The van der Waals surface area contributed by atoms with E-state index in [1.165, 1.54) is 6.20 Å². The molecule has 3 rings (SSSR count). The summed E-state index contributed by atoms with van der Waals surface area (Å²) in [6.07, 6.45) is -1.09. The number of halogens is 3. The van der Waals surface area contributed by atoms with E-state index in [0.717, 1.165) is 12.8 Å². The van der Waals surface area contributed by atoms with Gasteiger partial charge in [-0.3, -0.25) is 9.89 Å². The zero-order valence-corrected chi connectivity index (χ0v) is 10.1. The van der Waals surface area contributed by atoms with Crippen molar-refractivity contribution >= 4 is 5.91 Å². The second kappa shape index (κ2) is 4.25. The van der Waals surface area contributed by atoms with E-state index < -0.39 is 18.1 Å². The predicted octanol–water partition coefficient (Wildman–Crippen LogP) is 1.90. The summed E-state index contributed by atoms with van der Waals surface area (Å²) in [6, 6.07) is -0.465. The van der Waals surface area contributed by atoms with Crippen LogP contribution in [-0.4, -0.2) is 28.3 Å². The minimum Gasteiger partial charge on any atom is -0.353 e. The standard InChI is InChI=1S/C12H14F3N3O/c13-12(14,15)9-3-7(17-11(19)6-1-2-6)4-10-8(9)5-16-18-10/h5-7,9H,1-4H2,(H,16,18)(H,17,19). The van der Waals surface area contributed by atoms with E-state index in [-0.39, 0.29) is 23.8 Å². The number of hydrogen-bond donors (Lipinski definition) is 2. The first-order valence-corrected chi connectivity index (χ1v) is 6.34. The molecule has 0 aliphatic heterocycles. The van der Waals surface area contributed by atoms with Gasteiger partial charge in [-0.25, -0.2) is 0 Å². The van der Waals surface area contributed by atoms with Crippen LogP contribution in [0.5, 0.6) is 0 Å². The van der Waals surface area contributed by atoms with Crippen LogP contribution in [0.3, 0.4) is 0 Å². The number of alkyl halides is 3. The quantitative estimate of drug-likeness (QED) is 0.864. The third-order valence-corrected chi connectivity index (χ3v) is 3.79. The van der Waals surface area contributed by atoms with Gasteiger partial charge in [-0.15, -0.1) is 0 Å². The molecule has 0 radical (unpaired) electrons. The number of aromatic amines is 1. The van der Waals surface area contributed by atoms with Crippen molar-refractivity contribution in [3.63, 3.8) is 0 Å². The molecule has 1 amide bonds. The number of rotatable bonds is 2. The maximum Gasteiger partial charge on any atom is 0.395 e. The van der Waals surface area contributed by atoms with Crippen LogP contribution in [-0.2, 0) is 11.2 Å². The number of carbonyl (C=O) groups is 1. The Hall–Kier alpha value is -1.53. The zero-order valence-electron chi connectivity index (χ0n) is 10.1. The van der Waals surface area contributed by atoms with Crippen LogP contribution in [0.25, 0.3) is 0 Å². The third-order valence-electron chi connectivity index (χ3n) is 3.79. The highest BCUT2D eigenvalue weighted by Gasteiger charge is 2.46. The Balaban J connectivity index is 1.77. The molecule has 0 saturated heterocycles. The average molecular weight is 273 g/mol. The number of aromatic nitrogens is 2. The highest BCUT2D eigenvalue weighted by molar-refractivity contribution is 5.81. The molecule has 1 aromatic heterocycles. The van der Waals surface area contributed by atoms with E-state index in [2.05, 4.69) is 15.5 Å². The molecule has 104 valence electrons. The lowest BCUT2D eigenvalue weighted by molar-refractivity contribution is -0.155. The van der Waals surface area contributed by atoms with E-state index in [0.29, 0.717) is 12.1 Å². The Kier molecular flexibility index (Phi) is 2.79. The Morgan fingerprint density at radius 3 is 2.79 bits per heavy atom. The fourth-order valence-electron chi connectivity index (χ4n) is 2.61. The van der Waals surface area contributed by atoms with Gasteiger partial charge in [0, 0.05) is 29.6 Å². The third kappa shape index (κ3) is 2.46. The fraction of sp³-hybridized carbons (Fsp3) is 0.667. The van der Waals surface area contributed by atoms with Crippen molar-refractivity contribution in [3.05, 3.63) is 17.5 Å². The second-order valence-corrected chi connectivity index (χ2v) is 5.32. The molecule has 1 aromatic rings. The topological polar surface area (TPSA) is 57.8 Å². The molecule has 1 heterocycles. The van der Waals surface area contributed by atoms with Gasteiger partial charge in [-0.05, 0) is 19.3 Å². The normalized spacial score (nSPS) is 26.9. The highest BCUT2D eigenvalue weighted by atomic mass is 19.4. The lowest BCUT2D eigenvalue weighted by Gasteiger charge is -2.30. The monoisotopic (exact) mass is 273 g/mol. The smallest absolute Gasteiger partial charge is 0.353 e. The number of nitrogens with one attached hydrogen (secondary N) is 2. The van der Waals surface area contributed by atoms with Crippen LogP contribution in [0.4, 0.5) is 13.2 Å². The largest absolute Gasteiger partial charge is 0.395 e. The Labute approximate surface area is 107 Å². The van der Waals surface area contributed by atoms with Gasteiger partial charge in [0.15, 0.2) is 0 Å². The summed E-state index contributed by atoms with van der Waals surface area (Å²) in [5, 5.41) is 9.02. The van der Waals surface area contributed by atoms with Gasteiger partial charge >= 0.3 is 6.18 Å². The van der Waals surface area contributed by atoms with E-state index in [1.807, 2.05) is 0 Å². The molecule has 7 heteroatoms. The summed E-state index contributed by atoms with van der Waals surface area (Å²) < 4.78 is 39.1. The van der Waals surface area contributed by atoms with Gasteiger partial charge in [0.25, 0.3) is 0 Å². The summed E-state index contributed by atoms with van der Waals surface area (Å²) in [5.74, 6) is -1.65. The van der Waals surface area contributed by atoms with Crippen LogP contribution in [0.2, 0.25) is 0 Å². The lowest BCUT2D eigenvalue weighted by atomic mass is 9.83. The number of amides is 1. The molecule has 2 unspecified atom stereocenters. The first-order chi connectivity index (χ1) is 8.95. The molecule has 0 aromatic carbocycles. The van der Waals surface area contributed by atoms with Crippen LogP contribution >= 0.6 is 0 Å². The fourth-order valence-corrected chi connectivity index (χ4v) is 2.61. The molecule has 2 N–H and O–H groups in total. The maximum atomic E-state index is 13.0. The van der Waals surface area contributed by atoms with Crippen LogP contribution in [0.15, 0.2) is 6.20 Å². The Bertz CT molecular complexity index is 493. The molecule has 1 fully saturated rings. The molecule has 4 nitrogen and oxygen atoms in total. The van der Waals surface area contributed by atoms with Crippen LogP contribution in [0.1, 0.15) is 36.4 Å². The number of fused-ring (bicyclic) bond motifs is 1.